The van der Waals surface area contributed by atoms with Gasteiger partial charge in [0.1, 0.15) is 23.4 Å². The van der Waals surface area contributed by atoms with Crippen molar-refractivity contribution in [1.82, 2.24) is 0 Å². The largest absolute Gasteiger partial charge is 0.459 e. The molecule has 0 spiro atoms. The summed E-state index contributed by atoms with van der Waals surface area (Å²) in [6.45, 7) is 10.3. The maximum Gasteiger partial charge on any atom is 0.303 e. The summed E-state index contributed by atoms with van der Waals surface area (Å²) in [6, 6.07) is 0. The van der Waals surface area contributed by atoms with E-state index in [9.17, 15) is 19.5 Å². The molecule has 0 amide bonds. The van der Waals surface area contributed by atoms with Gasteiger partial charge < -0.3 is 24.1 Å². The van der Waals surface area contributed by atoms with Gasteiger partial charge in [0, 0.05) is 44.4 Å². The van der Waals surface area contributed by atoms with Gasteiger partial charge in [-0.05, 0) is 32.8 Å². The third kappa shape index (κ3) is 3.70. The molecule has 3 aliphatic heterocycles. The molecule has 32 heavy (non-hydrogen) atoms. The molecule has 1 N–H and O–H groups in total. The van der Waals surface area contributed by atoms with Crippen molar-refractivity contribution in [1.29, 1.82) is 0 Å². The van der Waals surface area contributed by atoms with Gasteiger partial charge >= 0.3 is 11.9 Å². The third-order valence-electron chi connectivity index (χ3n) is 7.95. The van der Waals surface area contributed by atoms with Crippen molar-refractivity contribution in [3.05, 3.63) is 11.6 Å². The predicted octanol–water partition coefficient (Wildman–Crippen LogP) is 1.96. The lowest BCUT2D eigenvalue weighted by molar-refractivity contribution is -0.207. The van der Waals surface area contributed by atoms with Crippen molar-refractivity contribution in [2.24, 2.45) is 23.7 Å². The highest BCUT2D eigenvalue weighted by Gasteiger charge is 2.65. The van der Waals surface area contributed by atoms with Crippen molar-refractivity contribution in [3.8, 4) is 0 Å². The van der Waals surface area contributed by atoms with Crippen molar-refractivity contribution in [2.45, 2.75) is 90.0 Å². The van der Waals surface area contributed by atoms with Gasteiger partial charge in [0.2, 0.25) is 0 Å². The van der Waals surface area contributed by atoms with Gasteiger partial charge in [-0.15, -0.1) is 0 Å². The van der Waals surface area contributed by atoms with E-state index in [-0.39, 0.29) is 42.3 Å². The molecule has 4 rings (SSSR count). The fourth-order valence-electron chi connectivity index (χ4n) is 6.50. The SMILES string of the molecule is CC(=O)O[C@H]1C[C@H](OC(C)=O)[C@@](C)(O)C[C@H]2O[C@@H]3[C@@H]4[C@@H](C(=O)C=C(C)[C@@H]42)[C@H](C)CO[C@]13C. The molecule has 10 atom stereocenters. The summed E-state index contributed by atoms with van der Waals surface area (Å²) in [7, 11) is 0. The Kier molecular flexibility index (Phi) is 5.79. The number of carbonyl (C=O) groups excluding carboxylic acids is 3. The molecular formula is C24H34O8. The molecule has 3 saturated heterocycles. The summed E-state index contributed by atoms with van der Waals surface area (Å²) >= 11 is 0. The minimum Gasteiger partial charge on any atom is -0.459 e. The minimum absolute atomic E-state index is 0.0467. The first-order chi connectivity index (χ1) is 14.8. The number of fused-ring (bicyclic) bond motifs is 2. The van der Waals surface area contributed by atoms with Crippen LogP contribution in [0.5, 0.6) is 0 Å². The van der Waals surface area contributed by atoms with Gasteiger partial charge in [-0.1, -0.05) is 12.5 Å². The maximum atomic E-state index is 13.1. The highest BCUT2D eigenvalue weighted by Crippen LogP contribution is 2.56. The van der Waals surface area contributed by atoms with E-state index in [1.165, 1.54) is 13.8 Å². The second kappa shape index (κ2) is 7.92. The quantitative estimate of drug-likeness (QED) is 0.636. The monoisotopic (exact) mass is 450 g/mol. The van der Waals surface area contributed by atoms with E-state index < -0.39 is 47.6 Å². The Morgan fingerprint density at radius 3 is 2.38 bits per heavy atom. The summed E-state index contributed by atoms with van der Waals surface area (Å²) < 4.78 is 24.3. The summed E-state index contributed by atoms with van der Waals surface area (Å²) in [5.41, 5.74) is -1.59. The number of allylic oxidation sites excluding steroid dienone is 1. The van der Waals surface area contributed by atoms with E-state index in [0.29, 0.717) is 6.61 Å². The standard InChI is InChI=1S/C24H34O8/c1-11-7-15(27)19-12(2)10-29-24(6)18(31-14(4)26)8-17(30-13(3)25)23(5,28)9-16-20(11)21(19)22(24)32-16/h7,12,16-22,28H,8-10H2,1-6H3/t12-,16-,17+,18+,19-,20-,21-,22-,23+,24-/m1/s1. The zero-order chi connectivity index (χ0) is 23.6. The second-order valence-corrected chi connectivity index (χ2v) is 10.5. The van der Waals surface area contributed by atoms with Crippen molar-refractivity contribution in [3.63, 3.8) is 0 Å². The molecule has 0 saturated carbocycles. The zero-order valence-corrected chi connectivity index (χ0v) is 19.6. The number of carbonyl (C=O) groups is 3. The van der Waals surface area contributed by atoms with Crippen LogP contribution in [0, 0.1) is 23.7 Å². The van der Waals surface area contributed by atoms with E-state index in [1.54, 1.807) is 13.0 Å². The molecule has 0 unspecified atom stereocenters. The van der Waals surface area contributed by atoms with Crippen molar-refractivity contribution < 1.29 is 38.4 Å². The normalized spacial score (nSPS) is 48.0. The highest BCUT2D eigenvalue weighted by molar-refractivity contribution is 5.94. The van der Waals surface area contributed by atoms with Crippen LogP contribution in [0.1, 0.15) is 54.4 Å². The first-order valence-corrected chi connectivity index (χ1v) is 11.4. The summed E-state index contributed by atoms with van der Waals surface area (Å²) in [5.74, 6) is -1.52. The smallest absolute Gasteiger partial charge is 0.303 e. The molecule has 0 aromatic rings. The van der Waals surface area contributed by atoms with Crippen LogP contribution in [0.25, 0.3) is 0 Å². The van der Waals surface area contributed by atoms with Crippen LogP contribution < -0.4 is 0 Å². The molecule has 3 fully saturated rings. The molecule has 4 aliphatic rings. The summed E-state index contributed by atoms with van der Waals surface area (Å²) in [4.78, 5) is 37.0. The molecule has 1 aliphatic carbocycles. The van der Waals surface area contributed by atoms with Gasteiger partial charge in [0.25, 0.3) is 0 Å². The van der Waals surface area contributed by atoms with Crippen LogP contribution in [0.15, 0.2) is 11.6 Å². The second-order valence-electron chi connectivity index (χ2n) is 10.5. The lowest BCUT2D eigenvalue weighted by atomic mass is 9.62. The maximum absolute atomic E-state index is 13.1. The van der Waals surface area contributed by atoms with Crippen molar-refractivity contribution in [2.75, 3.05) is 6.61 Å². The van der Waals surface area contributed by atoms with Crippen molar-refractivity contribution >= 4 is 17.7 Å². The number of hydrogen-bond donors (Lipinski definition) is 1. The van der Waals surface area contributed by atoms with Crippen LogP contribution in [0.3, 0.4) is 0 Å². The number of ether oxygens (including phenoxy) is 4. The highest BCUT2D eigenvalue weighted by atomic mass is 16.6. The molecule has 8 nitrogen and oxygen atoms in total. The van der Waals surface area contributed by atoms with E-state index in [4.69, 9.17) is 18.9 Å². The molecule has 8 heteroatoms. The number of ketones is 1. The molecule has 178 valence electrons. The van der Waals surface area contributed by atoms with Crippen LogP contribution in [-0.2, 0) is 33.3 Å². The molecular weight excluding hydrogens is 416 g/mol. The lowest BCUT2D eigenvalue weighted by Crippen LogP contribution is -2.58. The summed E-state index contributed by atoms with van der Waals surface area (Å²) in [5, 5.41) is 11.5. The first-order valence-electron chi connectivity index (χ1n) is 11.4. The van der Waals surface area contributed by atoms with Gasteiger partial charge in [0.05, 0.1) is 18.8 Å². The zero-order valence-electron chi connectivity index (χ0n) is 19.6. The van der Waals surface area contributed by atoms with Gasteiger partial charge in [-0.25, -0.2) is 0 Å². The Hall–Kier alpha value is -1.77. The van der Waals surface area contributed by atoms with E-state index in [0.717, 1.165) is 5.57 Å². The molecule has 0 radical (unpaired) electrons. The third-order valence-corrected chi connectivity index (χ3v) is 7.95. The van der Waals surface area contributed by atoms with Gasteiger partial charge in [-0.2, -0.15) is 0 Å². The van der Waals surface area contributed by atoms with Crippen LogP contribution in [-0.4, -0.2) is 65.1 Å². The molecule has 0 aromatic carbocycles. The Bertz CT molecular complexity index is 847. The Morgan fingerprint density at radius 1 is 1.12 bits per heavy atom. The van der Waals surface area contributed by atoms with E-state index >= 15 is 0 Å². The lowest BCUT2D eigenvalue weighted by Gasteiger charge is -2.44. The van der Waals surface area contributed by atoms with Crippen LogP contribution >= 0.6 is 0 Å². The van der Waals surface area contributed by atoms with Crippen LogP contribution in [0.2, 0.25) is 0 Å². The van der Waals surface area contributed by atoms with E-state index in [1.807, 2.05) is 20.8 Å². The Morgan fingerprint density at radius 2 is 1.75 bits per heavy atom. The Labute approximate surface area is 188 Å². The molecule has 3 heterocycles. The van der Waals surface area contributed by atoms with Gasteiger partial charge in [-0.3, -0.25) is 14.4 Å². The fourth-order valence-corrected chi connectivity index (χ4v) is 6.50. The number of rotatable bonds is 2. The predicted molar refractivity (Wildman–Crippen MR) is 112 cm³/mol. The van der Waals surface area contributed by atoms with Gasteiger partial charge in [0.15, 0.2) is 5.78 Å². The van der Waals surface area contributed by atoms with Crippen LogP contribution in [0.4, 0.5) is 0 Å². The summed E-state index contributed by atoms with van der Waals surface area (Å²) in [6.07, 6.45) is -0.689. The minimum atomic E-state index is -1.43. The number of hydrogen-bond acceptors (Lipinski definition) is 8. The number of esters is 2. The number of aliphatic hydroxyl groups is 1. The average molecular weight is 451 g/mol. The molecule has 2 bridgehead atoms. The van der Waals surface area contributed by atoms with E-state index in [2.05, 4.69) is 0 Å². The fraction of sp³-hybridized carbons (Fsp3) is 0.792. The topological polar surface area (TPSA) is 108 Å². The Balaban J connectivity index is 1.89. The first kappa shape index (κ1) is 23.4. The molecule has 0 aromatic heterocycles. The average Bonchev–Trinajstić information content (AvgIpc) is 2.98.